The molecule has 0 amide bonds. The summed E-state index contributed by atoms with van der Waals surface area (Å²) in [6, 6.07) is 8.57. The van der Waals surface area contributed by atoms with Crippen LogP contribution >= 0.6 is 0 Å². The van der Waals surface area contributed by atoms with Crippen molar-refractivity contribution < 1.29 is 5.11 Å². The number of nitrogens with one attached hydrogen (secondary N) is 1. The minimum Gasteiger partial charge on any atom is -0.394 e. The topological polar surface area (TPSA) is 32.3 Å². The quantitative estimate of drug-likeness (QED) is 0.838. The number of aryl methyl sites for hydroxylation is 1. The van der Waals surface area contributed by atoms with Gasteiger partial charge in [-0.2, -0.15) is 0 Å². The van der Waals surface area contributed by atoms with Gasteiger partial charge in [0.05, 0.1) is 6.61 Å². The monoisotopic (exact) mass is 233 g/mol. The van der Waals surface area contributed by atoms with Crippen LogP contribution in [0.5, 0.6) is 0 Å². The fourth-order valence-electron chi connectivity index (χ4n) is 2.73. The van der Waals surface area contributed by atoms with E-state index in [9.17, 15) is 5.11 Å². The predicted octanol–water partition coefficient (Wildman–Crippen LogP) is 2.78. The van der Waals surface area contributed by atoms with Gasteiger partial charge in [0.2, 0.25) is 0 Å². The Labute approximate surface area is 104 Å². The molecule has 2 nitrogen and oxygen atoms in total. The van der Waals surface area contributed by atoms with Crippen molar-refractivity contribution in [2.75, 3.05) is 6.61 Å². The van der Waals surface area contributed by atoms with Crippen LogP contribution in [-0.2, 0) is 6.54 Å². The van der Waals surface area contributed by atoms with Crippen molar-refractivity contribution in [3.05, 3.63) is 35.4 Å². The van der Waals surface area contributed by atoms with E-state index in [0.717, 1.165) is 19.4 Å². The molecule has 0 atom stereocenters. The summed E-state index contributed by atoms with van der Waals surface area (Å²) >= 11 is 0. The van der Waals surface area contributed by atoms with E-state index >= 15 is 0 Å². The van der Waals surface area contributed by atoms with Crippen LogP contribution in [0.4, 0.5) is 0 Å². The summed E-state index contributed by atoms with van der Waals surface area (Å²) in [7, 11) is 0. The second-order valence-electron chi connectivity index (χ2n) is 5.34. The van der Waals surface area contributed by atoms with Crippen molar-refractivity contribution in [1.29, 1.82) is 0 Å². The van der Waals surface area contributed by atoms with Crippen LogP contribution in [0.15, 0.2) is 24.3 Å². The lowest BCUT2D eigenvalue weighted by atomic mass is 9.82. The molecule has 1 aromatic rings. The van der Waals surface area contributed by atoms with Gasteiger partial charge < -0.3 is 10.4 Å². The largest absolute Gasteiger partial charge is 0.394 e. The van der Waals surface area contributed by atoms with Crippen molar-refractivity contribution in [3.8, 4) is 0 Å². The van der Waals surface area contributed by atoms with Gasteiger partial charge in [0.1, 0.15) is 0 Å². The fraction of sp³-hybridized carbons (Fsp3) is 0.600. The summed E-state index contributed by atoms with van der Waals surface area (Å²) in [6.07, 6.45) is 6.00. The molecule has 1 aromatic carbocycles. The van der Waals surface area contributed by atoms with E-state index in [-0.39, 0.29) is 12.1 Å². The molecule has 17 heavy (non-hydrogen) atoms. The minimum absolute atomic E-state index is 0.0258. The minimum atomic E-state index is -0.0258. The fourth-order valence-corrected chi connectivity index (χ4v) is 2.73. The number of benzene rings is 1. The normalized spacial score (nSPS) is 19.2. The van der Waals surface area contributed by atoms with E-state index in [1.165, 1.54) is 30.4 Å². The van der Waals surface area contributed by atoms with Crippen molar-refractivity contribution in [1.82, 2.24) is 5.32 Å². The lowest BCUT2D eigenvalue weighted by molar-refractivity contribution is 0.119. The lowest BCUT2D eigenvalue weighted by Crippen LogP contribution is -2.49. The molecule has 94 valence electrons. The van der Waals surface area contributed by atoms with Gasteiger partial charge in [-0.3, -0.25) is 0 Å². The average molecular weight is 233 g/mol. The van der Waals surface area contributed by atoms with E-state index in [1.54, 1.807) is 0 Å². The zero-order valence-electron chi connectivity index (χ0n) is 10.7. The molecule has 0 unspecified atom stereocenters. The Balaban J connectivity index is 1.95. The number of hydrogen-bond acceptors (Lipinski definition) is 2. The molecule has 2 rings (SSSR count). The van der Waals surface area contributed by atoms with E-state index in [0.29, 0.717) is 0 Å². The lowest BCUT2D eigenvalue weighted by Gasteiger charge is -2.36. The van der Waals surface area contributed by atoms with E-state index in [2.05, 4.69) is 36.5 Å². The second-order valence-corrected chi connectivity index (χ2v) is 5.34. The third-order valence-electron chi connectivity index (χ3n) is 3.86. The van der Waals surface area contributed by atoms with Crippen molar-refractivity contribution >= 4 is 0 Å². The predicted molar refractivity (Wildman–Crippen MR) is 70.9 cm³/mol. The van der Waals surface area contributed by atoms with Crippen molar-refractivity contribution in [3.63, 3.8) is 0 Å². The molecule has 0 aliphatic heterocycles. The molecule has 1 saturated carbocycles. The summed E-state index contributed by atoms with van der Waals surface area (Å²) in [5.41, 5.74) is 2.58. The smallest absolute Gasteiger partial charge is 0.0613 e. The SMILES string of the molecule is Cc1cccc(CNC2(CO)CCCCC2)c1. The maximum atomic E-state index is 9.61. The highest BCUT2D eigenvalue weighted by atomic mass is 16.3. The van der Waals surface area contributed by atoms with Crippen LogP contribution < -0.4 is 5.32 Å². The number of hydrogen-bond donors (Lipinski definition) is 2. The third-order valence-corrected chi connectivity index (χ3v) is 3.86. The molecule has 1 aliphatic rings. The van der Waals surface area contributed by atoms with E-state index in [1.807, 2.05) is 0 Å². The Bertz CT molecular complexity index is 356. The van der Waals surface area contributed by atoms with Gasteiger partial charge in [0, 0.05) is 12.1 Å². The Kier molecular flexibility index (Phi) is 4.19. The van der Waals surface area contributed by atoms with Crippen LogP contribution in [0.1, 0.15) is 43.2 Å². The molecule has 2 N–H and O–H groups in total. The highest BCUT2D eigenvalue weighted by Crippen LogP contribution is 2.28. The Morgan fingerprint density at radius 2 is 2.00 bits per heavy atom. The molecule has 0 radical (unpaired) electrons. The standard InChI is InChI=1S/C15H23NO/c1-13-6-5-7-14(10-13)11-16-15(12-17)8-3-2-4-9-15/h5-7,10,16-17H,2-4,8-9,11-12H2,1H3. The van der Waals surface area contributed by atoms with Crippen LogP contribution in [0, 0.1) is 6.92 Å². The van der Waals surface area contributed by atoms with Gasteiger partial charge in [0.25, 0.3) is 0 Å². The molecule has 1 aliphatic carbocycles. The number of aliphatic hydroxyl groups is 1. The first-order chi connectivity index (χ1) is 8.24. The molecule has 0 aromatic heterocycles. The Morgan fingerprint density at radius 3 is 2.65 bits per heavy atom. The van der Waals surface area contributed by atoms with Gasteiger partial charge >= 0.3 is 0 Å². The van der Waals surface area contributed by atoms with Crippen LogP contribution in [0.25, 0.3) is 0 Å². The van der Waals surface area contributed by atoms with Crippen LogP contribution in [0.2, 0.25) is 0 Å². The van der Waals surface area contributed by atoms with Gasteiger partial charge in [-0.25, -0.2) is 0 Å². The molecule has 0 spiro atoms. The highest BCUT2D eigenvalue weighted by Gasteiger charge is 2.30. The molecular weight excluding hydrogens is 210 g/mol. The van der Waals surface area contributed by atoms with Crippen molar-refractivity contribution in [2.24, 2.45) is 0 Å². The summed E-state index contributed by atoms with van der Waals surface area (Å²) in [5.74, 6) is 0. The first kappa shape index (κ1) is 12.6. The molecule has 2 heteroatoms. The van der Waals surface area contributed by atoms with Crippen LogP contribution in [-0.4, -0.2) is 17.3 Å². The van der Waals surface area contributed by atoms with Gasteiger partial charge in [-0.1, -0.05) is 49.1 Å². The molecule has 0 heterocycles. The maximum absolute atomic E-state index is 9.61. The first-order valence-electron chi connectivity index (χ1n) is 6.66. The molecule has 0 saturated heterocycles. The van der Waals surface area contributed by atoms with Gasteiger partial charge in [-0.15, -0.1) is 0 Å². The van der Waals surface area contributed by atoms with Crippen LogP contribution in [0.3, 0.4) is 0 Å². The summed E-state index contributed by atoms with van der Waals surface area (Å²) in [4.78, 5) is 0. The van der Waals surface area contributed by atoms with E-state index < -0.39 is 0 Å². The molecule has 0 bridgehead atoms. The zero-order valence-corrected chi connectivity index (χ0v) is 10.7. The maximum Gasteiger partial charge on any atom is 0.0613 e. The van der Waals surface area contributed by atoms with Gasteiger partial charge in [0.15, 0.2) is 0 Å². The summed E-state index contributed by atoms with van der Waals surface area (Å²) in [6.45, 7) is 3.24. The molecular formula is C15H23NO. The van der Waals surface area contributed by atoms with E-state index in [4.69, 9.17) is 0 Å². The summed E-state index contributed by atoms with van der Waals surface area (Å²) < 4.78 is 0. The Hall–Kier alpha value is -0.860. The van der Waals surface area contributed by atoms with Gasteiger partial charge in [-0.05, 0) is 25.3 Å². The zero-order chi connectivity index (χ0) is 12.1. The number of rotatable bonds is 4. The first-order valence-corrected chi connectivity index (χ1v) is 6.66. The van der Waals surface area contributed by atoms with Crippen molar-refractivity contribution in [2.45, 2.75) is 51.1 Å². The molecule has 1 fully saturated rings. The Morgan fingerprint density at radius 1 is 1.24 bits per heavy atom. The third kappa shape index (κ3) is 3.30. The summed E-state index contributed by atoms with van der Waals surface area (Å²) in [5, 5.41) is 13.2. The number of aliphatic hydroxyl groups excluding tert-OH is 1. The average Bonchev–Trinajstić information content (AvgIpc) is 2.38. The second kappa shape index (κ2) is 5.65. The highest BCUT2D eigenvalue weighted by molar-refractivity contribution is 5.22.